The first-order valence-electron chi connectivity index (χ1n) is 7.44. The number of thiazole rings is 1. The Labute approximate surface area is 143 Å². The van der Waals surface area contributed by atoms with Crippen LogP contribution in [0.25, 0.3) is 0 Å². The number of nitrogens with one attached hydrogen (secondary N) is 2. The molecule has 1 aromatic carbocycles. The lowest BCUT2D eigenvalue weighted by atomic mass is 10.2. The van der Waals surface area contributed by atoms with E-state index in [1.165, 1.54) is 11.3 Å². The number of aryl methyl sites for hydroxylation is 2. The first kappa shape index (κ1) is 16.3. The van der Waals surface area contributed by atoms with Crippen molar-refractivity contribution >= 4 is 28.3 Å². The van der Waals surface area contributed by atoms with E-state index in [1.807, 2.05) is 32.0 Å². The molecule has 1 atom stereocenters. The number of para-hydroxylation sites is 2. The molecular formula is C16H17N3O4S. The molecule has 1 aliphatic rings. The molecule has 0 spiro atoms. The molecule has 24 heavy (non-hydrogen) atoms. The van der Waals surface area contributed by atoms with Crippen LogP contribution in [0.3, 0.4) is 0 Å². The van der Waals surface area contributed by atoms with Gasteiger partial charge in [0.2, 0.25) is 0 Å². The zero-order valence-electron chi connectivity index (χ0n) is 13.3. The molecule has 0 saturated carbocycles. The van der Waals surface area contributed by atoms with Crippen LogP contribution in [0.2, 0.25) is 0 Å². The number of carbonyl (C=O) groups excluding carboxylic acids is 2. The lowest BCUT2D eigenvalue weighted by molar-refractivity contribution is -0.136. The number of hydrogen-bond donors (Lipinski definition) is 2. The summed E-state index contributed by atoms with van der Waals surface area (Å²) in [5, 5.41) is 5.45. The van der Waals surface area contributed by atoms with Crippen molar-refractivity contribution in [2.45, 2.75) is 20.0 Å². The van der Waals surface area contributed by atoms with Crippen LogP contribution in [0.4, 0.5) is 5.13 Å². The Morgan fingerprint density at radius 2 is 2.00 bits per heavy atom. The topological polar surface area (TPSA) is 89.6 Å². The van der Waals surface area contributed by atoms with Crippen LogP contribution in [0, 0.1) is 13.8 Å². The summed E-state index contributed by atoms with van der Waals surface area (Å²) in [5.74, 6) is -0.183. The van der Waals surface area contributed by atoms with Gasteiger partial charge in [-0.3, -0.25) is 14.9 Å². The maximum atomic E-state index is 11.9. The van der Waals surface area contributed by atoms with Gasteiger partial charge in [0.1, 0.15) is 12.7 Å². The molecule has 8 heteroatoms. The molecule has 7 nitrogen and oxygen atoms in total. The van der Waals surface area contributed by atoms with Gasteiger partial charge in [-0.2, -0.15) is 0 Å². The summed E-state index contributed by atoms with van der Waals surface area (Å²) in [6.07, 6.45) is -0.346. The maximum absolute atomic E-state index is 11.9. The quantitative estimate of drug-likeness (QED) is 0.824. The molecule has 0 bridgehead atoms. The maximum Gasteiger partial charge on any atom is 0.315 e. The molecule has 2 aromatic rings. The number of rotatable bonds is 3. The molecule has 2 N–H and O–H groups in total. The highest BCUT2D eigenvalue weighted by molar-refractivity contribution is 7.15. The molecule has 1 aliphatic heterocycles. The fourth-order valence-corrected chi connectivity index (χ4v) is 2.94. The number of hydrogen-bond acceptors (Lipinski definition) is 6. The molecular weight excluding hydrogens is 330 g/mol. The van der Waals surface area contributed by atoms with Crippen molar-refractivity contribution in [3.8, 4) is 11.5 Å². The summed E-state index contributed by atoms with van der Waals surface area (Å²) in [6, 6.07) is 7.31. The first-order valence-corrected chi connectivity index (χ1v) is 8.26. The molecule has 0 saturated heterocycles. The normalized spacial score (nSPS) is 15.7. The van der Waals surface area contributed by atoms with E-state index in [0.717, 1.165) is 10.6 Å². The third kappa shape index (κ3) is 3.65. The van der Waals surface area contributed by atoms with Crippen molar-refractivity contribution < 1.29 is 19.1 Å². The van der Waals surface area contributed by atoms with Gasteiger partial charge in [0, 0.05) is 4.88 Å². The second kappa shape index (κ2) is 6.88. The standard InChI is InChI=1S/C16H17N3O4S/c1-9-10(2)24-16(18-9)19-15(21)14(20)17-7-11-8-22-12-5-3-4-6-13(12)23-11/h3-6,11H,7-8H2,1-2H3,(H,17,20)(H,18,19,21). The van der Waals surface area contributed by atoms with Crippen molar-refractivity contribution in [3.05, 3.63) is 34.8 Å². The monoisotopic (exact) mass is 347 g/mol. The number of carbonyl (C=O) groups is 2. The van der Waals surface area contributed by atoms with Crippen LogP contribution in [0.5, 0.6) is 11.5 Å². The molecule has 2 amide bonds. The smallest absolute Gasteiger partial charge is 0.315 e. The average molecular weight is 347 g/mol. The summed E-state index contributed by atoms with van der Waals surface area (Å²) >= 11 is 1.33. The predicted molar refractivity (Wildman–Crippen MR) is 89.6 cm³/mol. The lowest BCUT2D eigenvalue weighted by Crippen LogP contribution is -2.44. The van der Waals surface area contributed by atoms with Gasteiger partial charge >= 0.3 is 11.8 Å². The molecule has 2 heterocycles. The lowest BCUT2D eigenvalue weighted by Gasteiger charge is -2.26. The van der Waals surface area contributed by atoms with Crippen molar-refractivity contribution in [3.63, 3.8) is 0 Å². The van der Waals surface area contributed by atoms with E-state index in [-0.39, 0.29) is 12.6 Å². The largest absolute Gasteiger partial charge is 0.486 e. The van der Waals surface area contributed by atoms with Crippen LogP contribution < -0.4 is 20.1 Å². The van der Waals surface area contributed by atoms with Gasteiger partial charge in [-0.25, -0.2) is 4.98 Å². The number of anilines is 1. The molecule has 3 rings (SSSR count). The Morgan fingerprint density at radius 1 is 1.25 bits per heavy atom. The van der Waals surface area contributed by atoms with Gasteiger partial charge in [-0.1, -0.05) is 12.1 Å². The zero-order valence-corrected chi connectivity index (χ0v) is 14.1. The Balaban J connectivity index is 1.50. The summed E-state index contributed by atoms with van der Waals surface area (Å²) in [7, 11) is 0. The van der Waals surface area contributed by atoms with Crippen LogP contribution in [-0.2, 0) is 9.59 Å². The van der Waals surface area contributed by atoms with Crippen LogP contribution in [-0.4, -0.2) is 36.1 Å². The number of fused-ring (bicyclic) bond motifs is 1. The van der Waals surface area contributed by atoms with Gasteiger partial charge < -0.3 is 14.8 Å². The molecule has 1 unspecified atom stereocenters. The van der Waals surface area contributed by atoms with Crippen molar-refractivity contribution in [1.82, 2.24) is 10.3 Å². The minimum Gasteiger partial charge on any atom is -0.486 e. The van der Waals surface area contributed by atoms with E-state index in [4.69, 9.17) is 9.47 Å². The van der Waals surface area contributed by atoms with Gasteiger partial charge in [0.05, 0.1) is 12.2 Å². The van der Waals surface area contributed by atoms with Gasteiger partial charge in [0.25, 0.3) is 0 Å². The number of amides is 2. The third-order valence-corrected chi connectivity index (χ3v) is 4.50. The highest BCUT2D eigenvalue weighted by Gasteiger charge is 2.23. The van der Waals surface area contributed by atoms with Crippen LogP contribution in [0.1, 0.15) is 10.6 Å². The molecule has 0 fully saturated rings. The zero-order chi connectivity index (χ0) is 17.1. The predicted octanol–water partition coefficient (Wildman–Crippen LogP) is 1.65. The fourth-order valence-electron chi connectivity index (χ4n) is 2.13. The first-order chi connectivity index (χ1) is 11.5. The minimum atomic E-state index is -0.749. The fraction of sp³-hybridized carbons (Fsp3) is 0.312. The highest BCUT2D eigenvalue weighted by atomic mass is 32.1. The summed E-state index contributed by atoms with van der Waals surface area (Å²) in [4.78, 5) is 28.9. The Bertz CT molecular complexity index is 755. The van der Waals surface area contributed by atoms with Crippen LogP contribution >= 0.6 is 11.3 Å². The van der Waals surface area contributed by atoms with Crippen molar-refractivity contribution in [1.29, 1.82) is 0 Å². The van der Waals surface area contributed by atoms with E-state index in [0.29, 0.717) is 23.2 Å². The second-order valence-electron chi connectivity index (χ2n) is 5.32. The second-order valence-corrected chi connectivity index (χ2v) is 6.53. The number of nitrogens with zero attached hydrogens (tertiary/aromatic N) is 1. The molecule has 126 valence electrons. The number of aromatic nitrogens is 1. The van der Waals surface area contributed by atoms with Crippen LogP contribution in [0.15, 0.2) is 24.3 Å². The average Bonchev–Trinajstić information content (AvgIpc) is 2.89. The van der Waals surface area contributed by atoms with Gasteiger partial charge in [-0.05, 0) is 26.0 Å². The van der Waals surface area contributed by atoms with E-state index in [1.54, 1.807) is 6.07 Å². The summed E-state index contributed by atoms with van der Waals surface area (Å²) < 4.78 is 11.3. The SMILES string of the molecule is Cc1nc(NC(=O)C(=O)NCC2COc3ccccc3O2)sc1C. The Morgan fingerprint density at radius 3 is 2.71 bits per heavy atom. The van der Waals surface area contributed by atoms with E-state index < -0.39 is 11.8 Å². The van der Waals surface area contributed by atoms with Gasteiger partial charge in [-0.15, -0.1) is 11.3 Å². The van der Waals surface area contributed by atoms with Crippen molar-refractivity contribution in [2.75, 3.05) is 18.5 Å². The van der Waals surface area contributed by atoms with E-state index in [2.05, 4.69) is 15.6 Å². The Hall–Kier alpha value is -2.61. The van der Waals surface area contributed by atoms with Crippen molar-refractivity contribution in [2.24, 2.45) is 0 Å². The molecule has 1 aromatic heterocycles. The summed E-state index contributed by atoms with van der Waals surface area (Å²) in [5.41, 5.74) is 0.835. The molecule has 0 radical (unpaired) electrons. The highest BCUT2D eigenvalue weighted by Crippen LogP contribution is 2.30. The van der Waals surface area contributed by atoms with E-state index in [9.17, 15) is 9.59 Å². The van der Waals surface area contributed by atoms with Gasteiger partial charge in [0.15, 0.2) is 16.6 Å². The Kier molecular flexibility index (Phi) is 4.66. The van der Waals surface area contributed by atoms with E-state index >= 15 is 0 Å². The summed E-state index contributed by atoms with van der Waals surface area (Å²) in [6.45, 7) is 4.24. The minimum absolute atomic E-state index is 0.177. The molecule has 0 aliphatic carbocycles. The third-order valence-electron chi connectivity index (χ3n) is 3.51. The number of benzene rings is 1. The number of ether oxygens (including phenoxy) is 2.